The minimum Gasteiger partial charge on any atom is -0.479 e. The lowest BCUT2D eigenvalue weighted by molar-refractivity contribution is 0.396. The molecule has 4 heteroatoms. The van der Waals surface area contributed by atoms with E-state index in [1.807, 2.05) is 20.2 Å². The van der Waals surface area contributed by atoms with Gasteiger partial charge >= 0.3 is 0 Å². The van der Waals surface area contributed by atoms with Gasteiger partial charge in [-0.2, -0.15) is 0 Å². The van der Waals surface area contributed by atoms with Gasteiger partial charge in [0.2, 0.25) is 5.88 Å². The highest BCUT2D eigenvalue weighted by atomic mass is 16.5. The van der Waals surface area contributed by atoms with Crippen molar-refractivity contribution >= 4 is 11.4 Å². The first-order valence-electron chi connectivity index (χ1n) is 7.82. The van der Waals surface area contributed by atoms with Crippen LogP contribution in [0.3, 0.4) is 0 Å². The number of nitrogens with zero attached hydrogens (tertiary/aromatic N) is 2. The van der Waals surface area contributed by atoms with E-state index in [-0.39, 0.29) is 0 Å². The van der Waals surface area contributed by atoms with Crippen molar-refractivity contribution in [2.24, 2.45) is 11.8 Å². The number of hydrogen-bond acceptors (Lipinski definition) is 4. The topological polar surface area (TPSA) is 37.4 Å². The highest BCUT2D eigenvalue weighted by Gasteiger charge is 2.18. The standard InChI is InChI=1S/C17H31N3O/c1-12(2)10-14(11-13(3)4)19-16-15(20(5)6)8-9-18-17(16)21-7/h8-9,12-14,19H,10-11H2,1-7H3. The Labute approximate surface area is 129 Å². The molecule has 21 heavy (non-hydrogen) atoms. The molecule has 0 aliphatic heterocycles. The van der Waals surface area contributed by atoms with Gasteiger partial charge in [-0.05, 0) is 30.7 Å². The summed E-state index contributed by atoms with van der Waals surface area (Å²) in [5.74, 6) is 1.98. The van der Waals surface area contributed by atoms with Crippen LogP contribution in [0.25, 0.3) is 0 Å². The Hall–Kier alpha value is -1.45. The Morgan fingerprint density at radius 3 is 2.14 bits per heavy atom. The number of ether oxygens (including phenoxy) is 1. The third kappa shape index (κ3) is 5.44. The third-order valence-electron chi connectivity index (χ3n) is 3.43. The van der Waals surface area contributed by atoms with Crippen LogP contribution in [0.5, 0.6) is 5.88 Å². The Kier molecular flexibility index (Phi) is 6.79. The molecular formula is C17H31N3O. The number of hydrogen-bond donors (Lipinski definition) is 1. The van der Waals surface area contributed by atoms with Crippen molar-refractivity contribution in [3.63, 3.8) is 0 Å². The molecule has 1 N–H and O–H groups in total. The quantitative estimate of drug-likeness (QED) is 0.785. The van der Waals surface area contributed by atoms with Gasteiger partial charge in [0.05, 0.1) is 12.8 Å². The molecule has 0 unspecified atom stereocenters. The summed E-state index contributed by atoms with van der Waals surface area (Å²) in [6.45, 7) is 9.06. The van der Waals surface area contributed by atoms with E-state index in [4.69, 9.17) is 4.74 Å². The maximum atomic E-state index is 5.45. The summed E-state index contributed by atoms with van der Waals surface area (Å²) in [7, 11) is 5.76. The molecule has 1 aromatic heterocycles. The van der Waals surface area contributed by atoms with Crippen LogP contribution in [0.1, 0.15) is 40.5 Å². The van der Waals surface area contributed by atoms with Crippen molar-refractivity contribution in [3.8, 4) is 5.88 Å². The third-order valence-corrected chi connectivity index (χ3v) is 3.43. The normalized spacial score (nSPS) is 11.3. The first kappa shape index (κ1) is 17.6. The van der Waals surface area contributed by atoms with Gasteiger partial charge in [0.15, 0.2) is 0 Å². The second kappa shape index (κ2) is 8.11. The van der Waals surface area contributed by atoms with Crippen LogP contribution in [0.4, 0.5) is 11.4 Å². The lowest BCUT2D eigenvalue weighted by Crippen LogP contribution is -2.25. The Balaban J connectivity index is 3.05. The van der Waals surface area contributed by atoms with Crippen molar-refractivity contribution < 1.29 is 4.74 Å². The molecule has 0 atom stereocenters. The number of aromatic nitrogens is 1. The minimum atomic E-state index is 0.432. The van der Waals surface area contributed by atoms with Crippen molar-refractivity contribution in [1.29, 1.82) is 0 Å². The summed E-state index contributed by atoms with van der Waals surface area (Å²) in [6, 6.07) is 2.45. The second-order valence-corrected chi connectivity index (χ2v) is 6.71. The Morgan fingerprint density at radius 2 is 1.71 bits per heavy atom. The summed E-state index contributed by atoms with van der Waals surface area (Å²) in [5, 5.41) is 3.68. The second-order valence-electron chi connectivity index (χ2n) is 6.71. The minimum absolute atomic E-state index is 0.432. The summed E-state index contributed by atoms with van der Waals surface area (Å²) < 4.78 is 5.45. The van der Waals surface area contributed by atoms with E-state index in [1.54, 1.807) is 13.3 Å². The highest BCUT2D eigenvalue weighted by Crippen LogP contribution is 2.34. The summed E-state index contributed by atoms with van der Waals surface area (Å²) >= 11 is 0. The van der Waals surface area contributed by atoms with Crippen LogP contribution in [0.2, 0.25) is 0 Å². The smallest absolute Gasteiger partial charge is 0.239 e. The average Bonchev–Trinajstić information content (AvgIpc) is 2.36. The molecule has 120 valence electrons. The Bertz CT molecular complexity index is 420. The number of rotatable bonds is 8. The van der Waals surface area contributed by atoms with Crippen molar-refractivity contribution in [3.05, 3.63) is 12.3 Å². The molecule has 0 aliphatic rings. The molecule has 1 rings (SSSR count). The molecule has 0 radical (unpaired) electrons. The zero-order chi connectivity index (χ0) is 16.0. The zero-order valence-electron chi connectivity index (χ0n) is 14.6. The fourth-order valence-electron chi connectivity index (χ4n) is 2.65. The van der Waals surface area contributed by atoms with Crippen LogP contribution in [0.15, 0.2) is 12.3 Å². The van der Waals surface area contributed by atoms with Gasteiger partial charge in [-0.15, -0.1) is 0 Å². The maximum absolute atomic E-state index is 5.45. The fourth-order valence-corrected chi connectivity index (χ4v) is 2.65. The van der Waals surface area contributed by atoms with Gasteiger partial charge in [-0.3, -0.25) is 0 Å². The number of anilines is 2. The molecular weight excluding hydrogens is 262 g/mol. The van der Waals surface area contributed by atoms with Gasteiger partial charge < -0.3 is 15.0 Å². The molecule has 0 saturated carbocycles. The largest absolute Gasteiger partial charge is 0.479 e. The van der Waals surface area contributed by atoms with Crippen LogP contribution in [-0.4, -0.2) is 32.2 Å². The van der Waals surface area contributed by atoms with Crippen LogP contribution >= 0.6 is 0 Å². The molecule has 0 aromatic carbocycles. The summed E-state index contributed by atoms with van der Waals surface area (Å²) in [4.78, 5) is 6.43. The van der Waals surface area contributed by atoms with E-state index in [9.17, 15) is 0 Å². The lowest BCUT2D eigenvalue weighted by Gasteiger charge is -2.27. The van der Waals surface area contributed by atoms with E-state index >= 15 is 0 Å². The highest BCUT2D eigenvalue weighted by molar-refractivity contribution is 5.74. The van der Waals surface area contributed by atoms with Gasteiger partial charge in [0.25, 0.3) is 0 Å². The molecule has 0 bridgehead atoms. The van der Waals surface area contributed by atoms with Gasteiger partial charge in [0, 0.05) is 26.3 Å². The predicted molar refractivity (Wildman–Crippen MR) is 91.4 cm³/mol. The van der Waals surface area contributed by atoms with E-state index in [2.05, 4.69) is 42.9 Å². The fraction of sp³-hybridized carbons (Fsp3) is 0.706. The van der Waals surface area contributed by atoms with E-state index < -0.39 is 0 Å². The summed E-state index contributed by atoms with van der Waals surface area (Å²) in [6.07, 6.45) is 4.07. The number of pyridine rings is 1. The van der Waals surface area contributed by atoms with Crippen LogP contribution < -0.4 is 15.0 Å². The molecule has 1 heterocycles. The van der Waals surface area contributed by atoms with Gasteiger partial charge in [-0.25, -0.2) is 4.98 Å². The average molecular weight is 293 g/mol. The molecule has 0 fully saturated rings. The molecule has 0 saturated heterocycles. The first-order valence-corrected chi connectivity index (χ1v) is 7.82. The van der Waals surface area contributed by atoms with Crippen molar-refractivity contribution in [1.82, 2.24) is 4.98 Å². The molecule has 0 spiro atoms. The van der Waals surface area contributed by atoms with Gasteiger partial charge in [0.1, 0.15) is 5.69 Å². The molecule has 1 aromatic rings. The van der Waals surface area contributed by atoms with E-state index in [1.165, 1.54) is 0 Å². The van der Waals surface area contributed by atoms with E-state index in [0.717, 1.165) is 24.2 Å². The van der Waals surface area contributed by atoms with Crippen LogP contribution in [-0.2, 0) is 0 Å². The SMILES string of the molecule is COc1nccc(N(C)C)c1NC(CC(C)C)CC(C)C. The molecule has 4 nitrogen and oxygen atoms in total. The maximum Gasteiger partial charge on any atom is 0.239 e. The Morgan fingerprint density at radius 1 is 1.14 bits per heavy atom. The first-order chi connectivity index (χ1) is 9.85. The zero-order valence-corrected chi connectivity index (χ0v) is 14.6. The predicted octanol–water partition coefficient (Wildman–Crippen LogP) is 4.03. The monoisotopic (exact) mass is 293 g/mol. The van der Waals surface area contributed by atoms with Crippen molar-refractivity contribution in [2.45, 2.75) is 46.6 Å². The van der Waals surface area contributed by atoms with Crippen molar-refractivity contribution in [2.75, 3.05) is 31.4 Å². The lowest BCUT2D eigenvalue weighted by atomic mass is 9.95. The van der Waals surface area contributed by atoms with Gasteiger partial charge in [-0.1, -0.05) is 27.7 Å². The molecule has 0 amide bonds. The number of methoxy groups -OCH3 is 1. The van der Waals surface area contributed by atoms with E-state index in [0.29, 0.717) is 23.8 Å². The number of nitrogens with one attached hydrogen (secondary N) is 1. The van der Waals surface area contributed by atoms with Crippen LogP contribution in [0, 0.1) is 11.8 Å². The molecule has 0 aliphatic carbocycles. The summed E-state index contributed by atoms with van der Waals surface area (Å²) in [5.41, 5.74) is 2.11.